The number of epoxide rings is 1. The summed E-state index contributed by atoms with van der Waals surface area (Å²) < 4.78 is 11.7. The molecule has 1 aliphatic rings. The van der Waals surface area contributed by atoms with Gasteiger partial charge in [-0.2, -0.15) is 0 Å². The second-order valence-corrected chi connectivity index (χ2v) is 14.6. The van der Waals surface area contributed by atoms with Gasteiger partial charge in [-0.1, -0.05) is 58.4 Å². The van der Waals surface area contributed by atoms with Crippen molar-refractivity contribution in [3.63, 3.8) is 0 Å². The van der Waals surface area contributed by atoms with E-state index in [1.165, 1.54) is 11.1 Å². The smallest absolute Gasteiger partial charge is 0.191 e. The summed E-state index contributed by atoms with van der Waals surface area (Å²) in [4.78, 5) is 0. The Morgan fingerprint density at radius 1 is 1.27 bits per heavy atom. The number of hydrogen-bond acceptors (Lipinski definition) is 3. The van der Waals surface area contributed by atoms with Crippen molar-refractivity contribution in [3.05, 3.63) is 23.8 Å². The van der Waals surface area contributed by atoms with Crippen LogP contribution in [-0.4, -0.2) is 38.8 Å². The van der Waals surface area contributed by atoms with E-state index in [4.69, 9.17) is 14.3 Å². The zero-order valence-electron chi connectivity index (χ0n) is 18.4. The molecule has 0 unspecified atom stereocenters. The van der Waals surface area contributed by atoms with Gasteiger partial charge in [-0.15, -0.1) is 0 Å². The molecular formula is C22H42O3Si. The molecule has 1 N–H and O–H groups in total. The van der Waals surface area contributed by atoms with E-state index < -0.39 is 8.32 Å². The van der Waals surface area contributed by atoms with Crippen LogP contribution < -0.4 is 0 Å². The van der Waals surface area contributed by atoms with E-state index in [0.29, 0.717) is 11.8 Å². The predicted octanol–water partition coefficient (Wildman–Crippen LogP) is 5.71. The Kier molecular flexibility index (Phi) is 8.79. The standard InChI is InChI=1S/C22H42O3Si/c1-16(12-17(2)14-20-21(15-23)25-20)13-19(4)18(3)10-11-24-26(8,9)22(5,6)7/h13,17-18,20-21,23H,1,10-12,14-15H2,2-9H3/b19-13+/t17-,18+,20+,21+/m1/s1. The molecule has 0 amide bonds. The number of ether oxygens (including phenoxy) is 1. The van der Waals surface area contributed by atoms with Crippen molar-refractivity contribution in [2.75, 3.05) is 13.2 Å². The summed E-state index contributed by atoms with van der Waals surface area (Å²) in [7, 11) is -1.65. The number of allylic oxidation sites excluding steroid dienone is 3. The van der Waals surface area contributed by atoms with Crippen LogP contribution in [0.5, 0.6) is 0 Å². The van der Waals surface area contributed by atoms with Crippen molar-refractivity contribution in [1.29, 1.82) is 0 Å². The molecule has 0 aliphatic carbocycles. The molecule has 1 heterocycles. The van der Waals surface area contributed by atoms with Gasteiger partial charge in [0.1, 0.15) is 6.10 Å². The molecule has 0 aromatic heterocycles. The Balaban J connectivity index is 2.36. The second-order valence-electron chi connectivity index (χ2n) is 9.79. The van der Waals surface area contributed by atoms with Gasteiger partial charge in [0.25, 0.3) is 0 Å². The third-order valence-electron chi connectivity index (χ3n) is 6.14. The average Bonchev–Trinajstić information content (AvgIpc) is 3.23. The lowest BCUT2D eigenvalue weighted by Gasteiger charge is -2.36. The monoisotopic (exact) mass is 382 g/mol. The summed E-state index contributed by atoms with van der Waals surface area (Å²) >= 11 is 0. The highest BCUT2D eigenvalue weighted by atomic mass is 28.4. The van der Waals surface area contributed by atoms with Crippen LogP contribution >= 0.6 is 0 Å². The molecule has 4 heteroatoms. The highest BCUT2D eigenvalue weighted by molar-refractivity contribution is 6.74. The predicted molar refractivity (Wildman–Crippen MR) is 114 cm³/mol. The quantitative estimate of drug-likeness (QED) is 0.282. The highest BCUT2D eigenvalue weighted by Gasteiger charge is 2.38. The van der Waals surface area contributed by atoms with Gasteiger partial charge in [-0.25, -0.2) is 0 Å². The fourth-order valence-electron chi connectivity index (χ4n) is 2.93. The molecule has 4 atom stereocenters. The number of aliphatic hydroxyl groups excluding tert-OH is 1. The van der Waals surface area contributed by atoms with Crippen molar-refractivity contribution in [2.45, 2.75) is 91.1 Å². The molecule has 3 nitrogen and oxygen atoms in total. The van der Waals surface area contributed by atoms with Crippen LogP contribution in [0.2, 0.25) is 18.1 Å². The molecule has 1 rings (SSSR count). The minimum absolute atomic E-state index is 0.0731. The summed E-state index contributed by atoms with van der Waals surface area (Å²) in [5.41, 5.74) is 2.57. The van der Waals surface area contributed by atoms with Crippen LogP contribution in [0.1, 0.15) is 60.8 Å². The van der Waals surface area contributed by atoms with Gasteiger partial charge in [0.15, 0.2) is 8.32 Å². The van der Waals surface area contributed by atoms with Crippen molar-refractivity contribution >= 4 is 8.32 Å². The molecule has 0 aromatic carbocycles. The molecule has 0 spiro atoms. The lowest BCUT2D eigenvalue weighted by atomic mass is 9.92. The van der Waals surface area contributed by atoms with E-state index in [0.717, 1.165) is 25.9 Å². The molecule has 152 valence electrons. The van der Waals surface area contributed by atoms with Gasteiger partial charge in [-0.3, -0.25) is 0 Å². The van der Waals surface area contributed by atoms with Crippen molar-refractivity contribution in [3.8, 4) is 0 Å². The van der Waals surface area contributed by atoms with Gasteiger partial charge in [0, 0.05) is 6.61 Å². The first-order valence-corrected chi connectivity index (χ1v) is 13.0. The van der Waals surface area contributed by atoms with Gasteiger partial charge in [0.05, 0.1) is 12.7 Å². The molecule has 0 saturated carbocycles. The fourth-order valence-corrected chi connectivity index (χ4v) is 3.99. The number of aliphatic hydroxyl groups is 1. The second kappa shape index (κ2) is 9.68. The third-order valence-corrected chi connectivity index (χ3v) is 10.7. The van der Waals surface area contributed by atoms with Crippen LogP contribution in [-0.2, 0) is 9.16 Å². The van der Waals surface area contributed by atoms with Gasteiger partial charge in [-0.05, 0) is 56.2 Å². The van der Waals surface area contributed by atoms with E-state index in [1.807, 2.05) is 0 Å². The Labute approximate surface area is 163 Å². The average molecular weight is 383 g/mol. The number of rotatable bonds is 11. The maximum absolute atomic E-state index is 9.06. The van der Waals surface area contributed by atoms with Gasteiger partial charge < -0.3 is 14.3 Å². The van der Waals surface area contributed by atoms with E-state index in [1.54, 1.807) is 0 Å². The lowest BCUT2D eigenvalue weighted by Crippen LogP contribution is -2.41. The summed E-state index contributed by atoms with van der Waals surface area (Å²) in [6, 6.07) is 0. The lowest BCUT2D eigenvalue weighted by molar-refractivity contribution is 0.241. The minimum atomic E-state index is -1.65. The highest BCUT2D eigenvalue weighted by Crippen LogP contribution is 2.37. The van der Waals surface area contributed by atoms with E-state index >= 15 is 0 Å². The van der Waals surface area contributed by atoms with E-state index in [9.17, 15) is 0 Å². The maximum atomic E-state index is 9.06. The maximum Gasteiger partial charge on any atom is 0.191 e. The zero-order chi connectivity index (χ0) is 20.1. The minimum Gasteiger partial charge on any atom is -0.417 e. The number of hydrogen-bond donors (Lipinski definition) is 1. The van der Waals surface area contributed by atoms with Crippen LogP contribution in [0.3, 0.4) is 0 Å². The molecule has 0 bridgehead atoms. The third kappa shape index (κ3) is 7.67. The summed E-state index contributed by atoms with van der Waals surface area (Å²) in [5, 5.41) is 9.33. The molecule has 0 aromatic rings. The summed E-state index contributed by atoms with van der Waals surface area (Å²) in [5.74, 6) is 1.04. The summed E-state index contributed by atoms with van der Waals surface area (Å²) in [6.07, 6.45) is 5.63. The van der Waals surface area contributed by atoms with Crippen molar-refractivity contribution in [1.82, 2.24) is 0 Å². The zero-order valence-corrected chi connectivity index (χ0v) is 19.4. The molecule has 1 saturated heterocycles. The van der Waals surface area contributed by atoms with Gasteiger partial charge >= 0.3 is 0 Å². The van der Waals surface area contributed by atoms with Crippen LogP contribution in [0, 0.1) is 11.8 Å². The van der Waals surface area contributed by atoms with E-state index in [2.05, 4.69) is 67.3 Å². The largest absolute Gasteiger partial charge is 0.417 e. The van der Waals surface area contributed by atoms with Gasteiger partial charge in [0.2, 0.25) is 0 Å². The first-order valence-electron chi connectivity index (χ1n) is 10.1. The Morgan fingerprint density at radius 2 is 1.88 bits per heavy atom. The fraction of sp³-hybridized carbons (Fsp3) is 0.818. The summed E-state index contributed by atoms with van der Waals surface area (Å²) in [6.45, 7) is 23.4. The molecule has 26 heavy (non-hydrogen) atoms. The Bertz CT molecular complexity index is 490. The Hall–Kier alpha value is -0.423. The molecular weight excluding hydrogens is 340 g/mol. The van der Waals surface area contributed by atoms with Crippen LogP contribution in [0.4, 0.5) is 0 Å². The topological polar surface area (TPSA) is 42.0 Å². The first-order chi connectivity index (χ1) is 11.9. The van der Waals surface area contributed by atoms with Crippen LogP contribution in [0.15, 0.2) is 23.8 Å². The van der Waals surface area contributed by atoms with Crippen LogP contribution in [0.25, 0.3) is 0 Å². The SMILES string of the molecule is C=C(/C=C(\C)[C@@H](C)CCO[Si](C)(C)C(C)(C)C)C[C@@H](C)C[C@@H]1O[C@H]1CO. The van der Waals surface area contributed by atoms with Crippen molar-refractivity contribution in [2.24, 2.45) is 11.8 Å². The molecule has 1 aliphatic heterocycles. The Morgan fingerprint density at radius 3 is 2.38 bits per heavy atom. The molecule has 1 fully saturated rings. The first kappa shape index (κ1) is 23.6. The van der Waals surface area contributed by atoms with Crippen molar-refractivity contribution < 1.29 is 14.3 Å². The molecule has 0 radical (unpaired) electrons. The normalized spacial score (nSPS) is 23.7. The van der Waals surface area contributed by atoms with E-state index in [-0.39, 0.29) is 23.9 Å².